The molecule has 0 saturated carbocycles. The Morgan fingerprint density at radius 3 is 2.55 bits per heavy atom. The minimum atomic E-state index is -0.732. The van der Waals surface area contributed by atoms with Gasteiger partial charge in [-0.3, -0.25) is 0 Å². The molecule has 2 amide bonds. The smallest absolute Gasteiger partial charge is 0.316 e. The Bertz CT molecular complexity index is 751. The third kappa shape index (κ3) is 3.27. The minimum Gasteiger partial charge on any atom is -0.495 e. The number of benzene rings is 2. The Kier molecular flexibility index (Phi) is 4.49. The lowest BCUT2D eigenvalue weighted by Crippen LogP contribution is -2.19. The molecule has 0 aliphatic rings. The Hall–Kier alpha value is -3.20. The first kappa shape index (κ1) is 15.2. The number of nitriles is 1. The number of para-hydroxylation sites is 1. The van der Waals surface area contributed by atoms with Crippen molar-refractivity contribution in [3.63, 3.8) is 0 Å². The fraction of sp³-hybridized carbons (Fsp3) is 0.125. The van der Waals surface area contributed by atoms with Crippen LogP contribution in [0.15, 0.2) is 36.4 Å². The predicted molar refractivity (Wildman–Crippen MR) is 82.2 cm³/mol. The van der Waals surface area contributed by atoms with E-state index in [4.69, 9.17) is 15.2 Å². The average molecular weight is 297 g/mol. The van der Waals surface area contributed by atoms with E-state index in [1.54, 1.807) is 6.07 Å². The molecule has 3 N–H and O–H groups in total. The van der Waals surface area contributed by atoms with Gasteiger partial charge in [0.05, 0.1) is 18.4 Å². The second-order valence-electron chi connectivity index (χ2n) is 4.52. The number of hydrogen-bond acceptors (Lipinski definition) is 4. The maximum absolute atomic E-state index is 11.1. The summed E-state index contributed by atoms with van der Waals surface area (Å²) in [4.78, 5) is 11.1. The van der Waals surface area contributed by atoms with Crippen molar-refractivity contribution in [2.75, 3.05) is 12.4 Å². The summed E-state index contributed by atoms with van der Waals surface area (Å²) in [7, 11) is 1.44. The molecule has 0 spiro atoms. The lowest BCUT2D eigenvalue weighted by molar-refractivity contribution is 0.259. The molecular weight excluding hydrogens is 282 g/mol. The van der Waals surface area contributed by atoms with E-state index in [0.29, 0.717) is 22.9 Å². The highest BCUT2D eigenvalue weighted by molar-refractivity contribution is 5.90. The number of nitrogens with zero attached hydrogens (tertiary/aromatic N) is 1. The van der Waals surface area contributed by atoms with E-state index in [0.717, 1.165) is 5.56 Å². The van der Waals surface area contributed by atoms with Crippen molar-refractivity contribution in [3.8, 4) is 23.3 Å². The van der Waals surface area contributed by atoms with Gasteiger partial charge in [-0.2, -0.15) is 5.26 Å². The molecule has 2 aromatic rings. The van der Waals surface area contributed by atoms with Crippen LogP contribution in [0.5, 0.6) is 17.2 Å². The maximum atomic E-state index is 11.1. The van der Waals surface area contributed by atoms with E-state index in [9.17, 15) is 10.1 Å². The van der Waals surface area contributed by atoms with Gasteiger partial charge < -0.3 is 20.5 Å². The fourth-order valence-electron chi connectivity index (χ4n) is 1.92. The lowest BCUT2D eigenvalue weighted by atomic mass is 10.1. The summed E-state index contributed by atoms with van der Waals surface area (Å²) in [5.74, 6) is 1.25. The summed E-state index contributed by atoms with van der Waals surface area (Å²) in [6, 6.07) is 11.7. The van der Waals surface area contributed by atoms with Crippen molar-refractivity contribution in [2.24, 2.45) is 5.73 Å². The number of carbonyl (C=O) groups excluding carboxylic acids is 1. The first-order chi connectivity index (χ1) is 10.5. The Labute approximate surface area is 128 Å². The zero-order chi connectivity index (χ0) is 16.1. The normalized spacial score (nSPS) is 9.68. The number of nitrogens with two attached hydrogens (primary N) is 1. The topological polar surface area (TPSA) is 97.4 Å². The number of rotatable bonds is 4. The number of anilines is 1. The number of primary amides is 1. The van der Waals surface area contributed by atoms with Crippen molar-refractivity contribution >= 4 is 11.7 Å². The first-order valence-corrected chi connectivity index (χ1v) is 6.47. The van der Waals surface area contributed by atoms with Gasteiger partial charge in [-0.05, 0) is 18.6 Å². The molecule has 0 atom stereocenters. The average Bonchev–Trinajstić information content (AvgIpc) is 2.49. The summed E-state index contributed by atoms with van der Waals surface area (Å²) in [5.41, 5.74) is 6.68. The van der Waals surface area contributed by atoms with Gasteiger partial charge in [0, 0.05) is 12.1 Å². The van der Waals surface area contributed by atoms with Gasteiger partial charge in [-0.15, -0.1) is 0 Å². The summed E-state index contributed by atoms with van der Waals surface area (Å²) in [6.45, 7) is 1.90. The van der Waals surface area contributed by atoms with Crippen LogP contribution >= 0.6 is 0 Å². The zero-order valence-electron chi connectivity index (χ0n) is 12.2. The van der Waals surface area contributed by atoms with Gasteiger partial charge in [0.2, 0.25) is 0 Å². The van der Waals surface area contributed by atoms with Crippen LogP contribution in [0.2, 0.25) is 0 Å². The molecule has 0 radical (unpaired) electrons. The van der Waals surface area contributed by atoms with Crippen LogP contribution in [-0.4, -0.2) is 13.1 Å². The highest BCUT2D eigenvalue weighted by Crippen LogP contribution is 2.35. The van der Waals surface area contributed by atoms with E-state index < -0.39 is 6.03 Å². The largest absolute Gasteiger partial charge is 0.495 e. The zero-order valence-corrected chi connectivity index (χ0v) is 12.2. The van der Waals surface area contributed by atoms with Crippen molar-refractivity contribution in [1.82, 2.24) is 0 Å². The second-order valence-corrected chi connectivity index (χ2v) is 4.52. The van der Waals surface area contributed by atoms with Crippen LogP contribution < -0.4 is 20.5 Å². The number of hydrogen-bond donors (Lipinski definition) is 2. The Balaban J connectivity index is 2.48. The minimum absolute atomic E-state index is 0.287. The van der Waals surface area contributed by atoms with Crippen LogP contribution in [0, 0.1) is 18.3 Å². The molecule has 0 unspecified atom stereocenters. The first-order valence-electron chi connectivity index (χ1n) is 6.47. The number of aryl methyl sites for hydroxylation is 1. The molecule has 0 saturated heterocycles. The lowest BCUT2D eigenvalue weighted by Gasteiger charge is -2.14. The molecule has 6 nitrogen and oxygen atoms in total. The molecule has 112 valence electrons. The quantitative estimate of drug-likeness (QED) is 0.905. The molecule has 22 heavy (non-hydrogen) atoms. The SMILES string of the molecule is COc1cc(C#N)c(Oc2ccccc2C)cc1NC(N)=O. The second kappa shape index (κ2) is 6.50. The van der Waals surface area contributed by atoms with Crippen molar-refractivity contribution in [3.05, 3.63) is 47.5 Å². The standard InChI is InChI=1S/C16H15N3O3/c1-10-5-3-4-6-13(10)22-14-8-12(19-16(18)20)15(21-2)7-11(14)9-17/h3-8H,1-2H3,(H3,18,19,20). The van der Waals surface area contributed by atoms with Gasteiger partial charge in [0.25, 0.3) is 0 Å². The number of nitrogens with one attached hydrogen (secondary N) is 1. The molecular formula is C16H15N3O3. The van der Waals surface area contributed by atoms with Crippen molar-refractivity contribution in [2.45, 2.75) is 6.92 Å². The number of amides is 2. The molecule has 0 aliphatic carbocycles. The van der Waals surface area contributed by atoms with Gasteiger partial charge in [-0.1, -0.05) is 18.2 Å². The van der Waals surface area contributed by atoms with E-state index in [-0.39, 0.29) is 5.56 Å². The van der Waals surface area contributed by atoms with E-state index in [1.807, 2.05) is 31.2 Å². The Morgan fingerprint density at radius 2 is 1.95 bits per heavy atom. The van der Waals surface area contributed by atoms with Gasteiger partial charge in [-0.25, -0.2) is 4.79 Å². The summed E-state index contributed by atoms with van der Waals surface area (Å²) < 4.78 is 10.9. The number of carbonyl (C=O) groups is 1. The maximum Gasteiger partial charge on any atom is 0.316 e. The number of methoxy groups -OCH3 is 1. The highest BCUT2D eigenvalue weighted by Gasteiger charge is 2.14. The van der Waals surface area contributed by atoms with E-state index in [1.165, 1.54) is 19.2 Å². The third-order valence-electron chi connectivity index (χ3n) is 2.99. The molecule has 0 fully saturated rings. The van der Waals surface area contributed by atoms with Gasteiger partial charge in [0.15, 0.2) is 0 Å². The Morgan fingerprint density at radius 1 is 1.23 bits per heavy atom. The van der Waals surface area contributed by atoms with E-state index in [2.05, 4.69) is 5.32 Å². The molecule has 2 aromatic carbocycles. The summed E-state index contributed by atoms with van der Waals surface area (Å²) >= 11 is 0. The molecule has 0 bridgehead atoms. The molecule has 0 heterocycles. The highest BCUT2D eigenvalue weighted by atomic mass is 16.5. The van der Waals surface area contributed by atoms with Crippen LogP contribution in [0.1, 0.15) is 11.1 Å². The summed E-state index contributed by atoms with van der Waals surface area (Å²) in [6.07, 6.45) is 0. The molecule has 0 aliphatic heterocycles. The molecule has 2 rings (SSSR count). The fourth-order valence-corrected chi connectivity index (χ4v) is 1.92. The van der Waals surface area contributed by atoms with Crippen molar-refractivity contribution < 1.29 is 14.3 Å². The van der Waals surface area contributed by atoms with Crippen LogP contribution in [-0.2, 0) is 0 Å². The van der Waals surface area contributed by atoms with Crippen LogP contribution in [0.3, 0.4) is 0 Å². The van der Waals surface area contributed by atoms with Gasteiger partial charge in [0.1, 0.15) is 23.3 Å². The molecule has 6 heteroatoms. The number of urea groups is 1. The number of ether oxygens (including phenoxy) is 2. The van der Waals surface area contributed by atoms with E-state index >= 15 is 0 Å². The third-order valence-corrected chi connectivity index (χ3v) is 2.99. The molecule has 0 aromatic heterocycles. The van der Waals surface area contributed by atoms with Crippen molar-refractivity contribution in [1.29, 1.82) is 5.26 Å². The van der Waals surface area contributed by atoms with Crippen LogP contribution in [0.4, 0.5) is 10.5 Å². The predicted octanol–water partition coefficient (Wildman–Crippen LogP) is 3.16. The van der Waals surface area contributed by atoms with Crippen LogP contribution in [0.25, 0.3) is 0 Å². The monoisotopic (exact) mass is 297 g/mol. The van der Waals surface area contributed by atoms with Gasteiger partial charge >= 0.3 is 6.03 Å². The summed E-state index contributed by atoms with van der Waals surface area (Å²) in [5, 5.41) is 11.7.